The second-order valence-electron chi connectivity index (χ2n) is 6.16. The SMILES string of the molecule is CCC(C)N1Cc2cc(C(=O)c3cc(Cl)cc(Cl)c3O)cnc2NC1=O. The second kappa shape index (κ2) is 7.13. The zero-order valence-electron chi connectivity index (χ0n) is 14.2. The summed E-state index contributed by atoms with van der Waals surface area (Å²) in [7, 11) is 0. The summed E-state index contributed by atoms with van der Waals surface area (Å²) in [4.78, 5) is 30.8. The van der Waals surface area contributed by atoms with Crippen LogP contribution in [0.15, 0.2) is 24.4 Å². The van der Waals surface area contributed by atoms with Crippen molar-refractivity contribution in [2.75, 3.05) is 5.32 Å². The summed E-state index contributed by atoms with van der Waals surface area (Å²) in [6, 6.07) is 4.22. The predicted molar refractivity (Wildman–Crippen MR) is 100 cm³/mol. The Morgan fingerprint density at radius 1 is 1.38 bits per heavy atom. The van der Waals surface area contributed by atoms with E-state index in [-0.39, 0.29) is 39.0 Å². The van der Waals surface area contributed by atoms with Gasteiger partial charge in [-0.05, 0) is 31.5 Å². The topological polar surface area (TPSA) is 82.5 Å². The van der Waals surface area contributed by atoms with Crippen molar-refractivity contribution in [1.82, 2.24) is 9.88 Å². The Balaban J connectivity index is 1.97. The molecule has 2 amide bonds. The van der Waals surface area contributed by atoms with Crippen LogP contribution in [-0.4, -0.2) is 32.8 Å². The number of urea groups is 1. The smallest absolute Gasteiger partial charge is 0.323 e. The van der Waals surface area contributed by atoms with Gasteiger partial charge in [-0.15, -0.1) is 0 Å². The van der Waals surface area contributed by atoms with E-state index in [2.05, 4.69) is 10.3 Å². The first-order valence-electron chi connectivity index (χ1n) is 8.11. The molecule has 6 nitrogen and oxygen atoms in total. The van der Waals surface area contributed by atoms with Gasteiger partial charge in [0.1, 0.15) is 11.6 Å². The fraction of sp³-hybridized carbons (Fsp3) is 0.278. The second-order valence-corrected chi connectivity index (χ2v) is 7.00. The molecule has 1 aromatic carbocycles. The number of aromatic nitrogens is 1. The lowest BCUT2D eigenvalue weighted by atomic mass is 10.0. The summed E-state index contributed by atoms with van der Waals surface area (Å²) in [6.45, 7) is 4.31. The van der Waals surface area contributed by atoms with Gasteiger partial charge in [0.25, 0.3) is 0 Å². The maximum Gasteiger partial charge on any atom is 0.323 e. The van der Waals surface area contributed by atoms with Crippen LogP contribution in [0.2, 0.25) is 10.0 Å². The van der Waals surface area contributed by atoms with Crippen LogP contribution in [0, 0.1) is 0 Å². The van der Waals surface area contributed by atoms with E-state index >= 15 is 0 Å². The molecule has 0 spiro atoms. The van der Waals surface area contributed by atoms with Crippen molar-refractivity contribution in [2.45, 2.75) is 32.9 Å². The molecular formula is C18H17Cl2N3O3. The highest BCUT2D eigenvalue weighted by atomic mass is 35.5. The number of carbonyl (C=O) groups is 2. The van der Waals surface area contributed by atoms with E-state index in [0.29, 0.717) is 12.4 Å². The van der Waals surface area contributed by atoms with Crippen LogP contribution < -0.4 is 5.32 Å². The summed E-state index contributed by atoms with van der Waals surface area (Å²) in [5.41, 5.74) is 1.00. The summed E-state index contributed by atoms with van der Waals surface area (Å²) in [6.07, 6.45) is 2.16. The first-order valence-corrected chi connectivity index (χ1v) is 8.86. The number of pyridine rings is 1. The quantitative estimate of drug-likeness (QED) is 0.750. The molecule has 0 aliphatic carbocycles. The van der Waals surface area contributed by atoms with Crippen LogP contribution in [0.5, 0.6) is 5.75 Å². The monoisotopic (exact) mass is 393 g/mol. The number of aromatic hydroxyl groups is 1. The molecule has 0 bridgehead atoms. The maximum atomic E-state index is 12.8. The van der Waals surface area contributed by atoms with Crippen LogP contribution >= 0.6 is 23.2 Å². The molecule has 8 heteroatoms. The van der Waals surface area contributed by atoms with Crippen molar-refractivity contribution in [3.05, 3.63) is 51.1 Å². The zero-order chi connectivity index (χ0) is 19.0. The molecule has 2 N–H and O–H groups in total. The van der Waals surface area contributed by atoms with Crippen molar-refractivity contribution in [3.8, 4) is 5.75 Å². The van der Waals surface area contributed by atoms with Gasteiger partial charge in [0.15, 0.2) is 5.78 Å². The molecule has 0 saturated heterocycles. The predicted octanol–water partition coefficient (Wildman–Crippen LogP) is 4.47. The number of phenols is 1. The molecule has 1 aliphatic rings. The number of phenolic OH excluding ortho intramolecular Hbond substituents is 1. The lowest BCUT2D eigenvalue weighted by Crippen LogP contribution is -2.44. The molecular weight excluding hydrogens is 377 g/mol. The highest BCUT2D eigenvalue weighted by Gasteiger charge is 2.28. The zero-order valence-corrected chi connectivity index (χ0v) is 15.7. The largest absolute Gasteiger partial charge is 0.506 e. The number of rotatable bonds is 4. The number of nitrogens with zero attached hydrogens (tertiary/aromatic N) is 2. The van der Waals surface area contributed by atoms with Crippen LogP contribution in [0.25, 0.3) is 0 Å². The van der Waals surface area contributed by atoms with Crippen LogP contribution in [0.3, 0.4) is 0 Å². The van der Waals surface area contributed by atoms with E-state index < -0.39 is 5.78 Å². The fourth-order valence-corrected chi connectivity index (χ4v) is 3.26. The Morgan fingerprint density at radius 3 is 2.81 bits per heavy atom. The summed E-state index contributed by atoms with van der Waals surface area (Å²) >= 11 is 11.8. The average molecular weight is 394 g/mol. The van der Waals surface area contributed by atoms with Crippen molar-refractivity contribution in [1.29, 1.82) is 0 Å². The number of benzene rings is 1. The van der Waals surface area contributed by atoms with E-state index in [9.17, 15) is 14.7 Å². The normalized spacial score (nSPS) is 14.6. The van der Waals surface area contributed by atoms with Gasteiger partial charge in [0, 0.05) is 28.4 Å². The lowest BCUT2D eigenvalue weighted by molar-refractivity contribution is 0.103. The van der Waals surface area contributed by atoms with Gasteiger partial charge in [-0.3, -0.25) is 10.1 Å². The molecule has 0 fully saturated rings. The van der Waals surface area contributed by atoms with Gasteiger partial charge in [-0.25, -0.2) is 9.78 Å². The van der Waals surface area contributed by atoms with E-state index in [1.165, 1.54) is 18.3 Å². The third-order valence-corrected chi connectivity index (χ3v) is 4.96. The van der Waals surface area contributed by atoms with Crippen molar-refractivity contribution >= 4 is 40.8 Å². The molecule has 0 saturated carbocycles. The Bertz CT molecular complexity index is 901. The van der Waals surface area contributed by atoms with E-state index in [1.807, 2.05) is 13.8 Å². The van der Waals surface area contributed by atoms with Gasteiger partial charge in [-0.2, -0.15) is 0 Å². The van der Waals surface area contributed by atoms with Gasteiger partial charge < -0.3 is 10.0 Å². The molecule has 2 heterocycles. The number of ketones is 1. The highest BCUT2D eigenvalue weighted by Crippen LogP contribution is 2.33. The molecule has 26 heavy (non-hydrogen) atoms. The molecule has 136 valence electrons. The Morgan fingerprint density at radius 2 is 2.12 bits per heavy atom. The molecule has 1 unspecified atom stereocenters. The minimum Gasteiger partial charge on any atom is -0.506 e. The van der Waals surface area contributed by atoms with Gasteiger partial charge in [0.2, 0.25) is 0 Å². The minimum absolute atomic E-state index is 0.00183. The Hall–Kier alpha value is -2.31. The van der Waals surface area contributed by atoms with Crippen LogP contribution in [-0.2, 0) is 6.54 Å². The molecule has 2 aromatic rings. The third-order valence-electron chi connectivity index (χ3n) is 4.45. The van der Waals surface area contributed by atoms with Crippen molar-refractivity contribution in [2.24, 2.45) is 0 Å². The first kappa shape index (κ1) is 18.5. The van der Waals surface area contributed by atoms with Crippen molar-refractivity contribution in [3.63, 3.8) is 0 Å². The number of amides is 2. The number of fused-ring (bicyclic) bond motifs is 1. The lowest BCUT2D eigenvalue weighted by Gasteiger charge is -2.33. The van der Waals surface area contributed by atoms with E-state index in [0.717, 1.165) is 12.0 Å². The fourth-order valence-electron chi connectivity index (χ4n) is 2.77. The van der Waals surface area contributed by atoms with Gasteiger partial charge in [-0.1, -0.05) is 30.1 Å². The number of anilines is 1. The number of hydrogen-bond donors (Lipinski definition) is 2. The minimum atomic E-state index is -0.450. The first-order chi connectivity index (χ1) is 12.3. The number of halogens is 2. The van der Waals surface area contributed by atoms with Gasteiger partial charge >= 0.3 is 6.03 Å². The molecule has 3 rings (SSSR count). The highest BCUT2D eigenvalue weighted by molar-refractivity contribution is 6.36. The summed E-state index contributed by atoms with van der Waals surface area (Å²) in [5, 5.41) is 13.1. The average Bonchev–Trinajstić information content (AvgIpc) is 2.62. The third kappa shape index (κ3) is 3.34. The van der Waals surface area contributed by atoms with Gasteiger partial charge in [0.05, 0.1) is 17.1 Å². The van der Waals surface area contributed by atoms with Crippen molar-refractivity contribution < 1.29 is 14.7 Å². The number of hydrogen-bond acceptors (Lipinski definition) is 4. The number of carbonyl (C=O) groups excluding carboxylic acids is 2. The Labute approximate surface area is 160 Å². The molecule has 1 aliphatic heterocycles. The van der Waals surface area contributed by atoms with Crippen LogP contribution in [0.4, 0.5) is 10.6 Å². The maximum absolute atomic E-state index is 12.8. The molecule has 1 aromatic heterocycles. The van der Waals surface area contributed by atoms with E-state index in [4.69, 9.17) is 23.2 Å². The number of nitrogens with one attached hydrogen (secondary N) is 1. The Kier molecular flexibility index (Phi) is 5.07. The van der Waals surface area contributed by atoms with Crippen LogP contribution in [0.1, 0.15) is 41.8 Å². The summed E-state index contributed by atoms with van der Waals surface area (Å²) < 4.78 is 0. The molecule has 1 atom stereocenters. The standard InChI is InChI=1S/C18H17Cl2N3O3/c1-3-9(2)23-8-11-4-10(7-21-17(11)22-18(23)26)15(24)13-5-12(19)6-14(20)16(13)25/h4-7,9,25H,3,8H2,1-2H3,(H,21,22,26). The molecule has 0 radical (unpaired) electrons. The summed E-state index contributed by atoms with van der Waals surface area (Å²) in [5.74, 6) is -0.345. The van der Waals surface area contributed by atoms with E-state index in [1.54, 1.807) is 11.0 Å².